The molecule has 1 aliphatic rings. The van der Waals surface area contributed by atoms with Crippen LogP contribution < -0.4 is 5.73 Å². The average Bonchev–Trinajstić information content (AvgIpc) is 2.69. The molecule has 1 aliphatic carbocycles. The number of fused-ring (bicyclic) bond motifs is 1. The fourth-order valence-corrected chi connectivity index (χ4v) is 3.81. The highest BCUT2D eigenvalue weighted by atomic mass is 32.2. The summed E-state index contributed by atoms with van der Waals surface area (Å²) in [6.45, 7) is 5.33. The van der Waals surface area contributed by atoms with Crippen molar-refractivity contribution in [3.05, 3.63) is 35.4 Å². The van der Waals surface area contributed by atoms with Gasteiger partial charge >= 0.3 is 0 Å². The Morgan fingerprint density at radius 3 is 2.82 bits per heavy atom. The average molecular weight is 249 g/mol. The molecule has 0 heterocycles. The monoisotopic (exact) mass is 249 g/mol. The van der Waals surface area contributed by atoms with Gasteiger partial charge in [0.2, 0.25) is 0 Å². The summed E-state index contributed by atoms with van der Waals surface area (Å²) in [5.41, 5.74) is 9.39. The molecule has 0 fully saturated rings. The maximum absolute atomic E-state index is 6.09. The van der Waals surface area contributed by atoms with Crippen LogP contribution in [0.2, 0.25) is 0 Å². The molecule has 17 heavy (non-hydrogen) atoms. The summed E-state index contributed by atoms with van der Waals surface area (Å²) in [6.07, 6.45) is 3.67. The van der Waals surface area contributed by atoms with Crippen LogP contribution in [-0.4, -0.2) is 17.5 Å². The number of benzene rings is 1. The Labute approximate surface area is 109 Å². The van der Waals surface area contributed by atoms with Crippen LogP contribution >= 0.6 is 11.8 Å². The van der Waals surface area contributed by atoms with Crippen molar-refractivity contribution in [2.24, 2.45) is 5.73 Å². The van der Waals surface area contributed by atoms with Gasteiger partial charge in [-0.3, -0.25) is 0 Å². The third-order valence-electron chi connectivity index (χ3n) is 3.88. The van der Waals surface area contributed by atoms with Crippen LogP contribution in [0.4, 0.5) is 0 Å². The lowest BCUT2D eigenvalue weighted by Crippen LogP contribution is -2.33. The lowest BCUT2D eigenvalue weighted by molar-refractivity contribution is 0.423. The van der Waals surface area contributed by atoms with Crippen LogP contribution in [-0.2, 0) is 11.8 Å². The van der Waals surface area contributed by atoms with Gasteiger partial charge in [0.05, 0.1) is 0 Å². The van der Waals surface area contributed by atoms with Crippen LogP contribution in [0.3, 0.4) is 0 Å². The molecule has 0 aliphatic heterocycles. The summed E-state index contributed by atoms with van der Waals surface area (Å²) in [5.74, 6) is 1.23. The quantitative estimate of drug-likeness (QED) is 0.866. The number of hydrogen-bond acceptors (Lipinski definition) is 2. The topological polar surface area (TPSA) is 26.0 Å². The molecule has 2 heteroatoms. The first-order chi connectivity index (χ1) is 8.18. The minimum Gasteiger partial charge on any atom is -0.330 e. The fraction of sp³-hybridized carbons (Fsp3) is 0.600. The van der Waals surface area contributed by atoms with E-state index in [-0.39, 0.29) is 5.41 Å². The summed E-state index contributed by atoms with van der Waals surface area (Å²) < 4.78 is 0. The van der Waals surface area contributed by atoms with Gasteiger partial charge in [-0.2, -0.15) is 11.8 Å². The van der Waals surface area contributed by atoms with Crippen LogP contribution in [0.25, 0.3) is 0 Å². The van der Waals surface area contributed by atoms with E-state index in [9.17, 15) is 0 Å². The van der Waals surface area contributed by atoms with Gasteiger partial charge in [-0.25, -0.2) is 0 Å². The van der Waals surface area contributed by atoms with Crippen molar-refractivity contribution in [1.29, 1.82) is 0 Å². The fourth-order valence-electron chi connectivity index (χ4n) is 2.83. The van der Waals surface area contributed by atoms with Crippen molar-refractivity contribution >= 4 is 11.8 Å². The first-order valence-corrected chi connectivity index (χ1v) is 7.63. The largest absolute Gasteiger partial charge is 0.330 e. The summed E-state index contributed by atoms with van der Waals surface area (Å²) >= 11 is 2.05. The van der Waals surface area contributed by atoms with E-state index in [0.29, 0.717) is 0 Å². The Hall–Kier alpha value is -0.470. The zero-order chi connectivity index (χ0) is 12.3. The molecule has 94 valence electrons. The Balaban J connectivity index is 2.11. The van der Waals surface area contributed by atoms with Gasteiger partial charge in [0, 0.05) is 12.0 Å². The molecule has 1 aromatic rings. The second-order valence-corrected chi connectivity index (χ2v) is 7.00. The number of hydrogen-bond donors (Lipinski definition) is 1. The molecule has 0 aromatic heterocycles. The highest BCUT2D eigenvalue weighted by Gasteiger charge is 2.36. The molecular weight excluding hydrogens is 226 g/mol. The molecule has 2 N–H and O–H groups in total. The zero-order valence-corrected chi connectivity index (χ0v) is 11.7. The summed E-state index contributed by atoms with van der Waals surface area (Å²) in [5, 5.41) is 0.724. The third-order valence-corrected chi connectivity index (χ3v) is 4.99. The SMILES string of the molecule is CC(C)SCCC1(CN)CCc2ccccc21. The Morgan fingerprint density at radius 1 is 1.35 bits per heavy atom. The van der Waals surface area contributed by atoms with Crippen LogP contribution in [0, 0.1) is 0 Å². The Kier molecular flexibility index (Phi) is 4.16. The van der Waals surface area contributed by atoms with Gasteiger partial charge in [-0.05, 0) is 41.4 Å². The minimum absolute atomic E-state index is 0.262. The predicted molar refractivity (Wildman–Crippen MR) is 77.7 cm³/mol. The highest BCUT2D eigenvalue weighted by molar-refractivity contribution is 7.99. The van der Waals surface area contributed by atoms with Gasteiger partial charge in [-0.15, -0.1) is 0 Å². The van der Waals surface area contributed by atoms with Crippen LogP contribution in [0.5, 0.6) is 0 Å². The molecule has 1 atom stereocenters. The minimum atomic E-state index is 0.262. The molecule has 0 spiro atoms. The van der Waals surface area contributed by atoms with E-state index in [4.69, 9.17) is 5.73 Å². The molecule has 0 bridgehead atoms. The van der Waals surface area contributed by atoms with Gasteiger partial charge in [0.15, 0.2) is 0 Å². The van der Waals surface area contributed by atoms with E-state index in [2.05, 4.69) is 49.9 Å². The number of rotatable bonds is 5. The summed E-state index contributed by atoms with van der Waals surface area (Å²) in [7, 11) is 0. The van der Waals surface area contributed by atoms with Crippen molar-refractivity contribution in [3.63, 3.8) is 0 Å². The molecular formula is C15H23NS. The van der Waals surface area contributed by atoms with E-state index in [0.717, 1.165) is 11.8 Å². The molecule has 2 rings (SSSR count). The lowest BCUT2D eigenvalue weighted by atomic mass is 9.79. The van der Waals surface area contributed by atoms with E-state index in [1.807, 2.05) is 0 Å². The van der Waals surface area contributed by atoms with Gasteiger partial charge in [0.1, 0.15) is 0 Å². The van der Waals surface area contributed by atoms with Crippen molar-refractivity contribution in [1.82, 2.24) is 0 Å². The molecule has 0 amide bonds. The Morgan fingerprint density at radius 2 is 2.12 bits per heavy atom. The van der Waals surface area contributed by atoms with E-state index in [1.165, 1.54) is 36.1 Å². The van der Waals surface area contributed by atoms with Gasteiger partial charge < -0.3 is 5.73 Å². The number of aryl methyl sites for hydroxylation is 1. The first kappa shape index (κ1) is 13.0. The zero-order valence-electron chi connectivity index (χ0n) is 10.9. The molecule has 0 radical (unpaired) electrons. The molecule has 0 saturated heterocycles. The smallest absolute Gasteiger partial charge is 0.00892 e. The summed E-state index contributed by atoms with van der Waals surface area (Å²) in [4.78, 5) is 0. The van der Waals surface area contributed by atoms with Crippen molar-refractivity contribution in [2.45, 2.75) is 43.8 Å². The molecule has 1 nitrogen and oxygen atoms in total. The molecule has 1 aromatic carbocycles. The van der Waals surface area contributed by atoms with Crippen LogP contribution in [0.15, 0.2) is 24.3 Å². The predicted octanol–water partition coefficient (Wildman–Crippen LogP) is 3.36. The second-order valence-electron chi connectivity index (χ2n) is 5.31. The van der Waals surface area contributed by atoms with E-state index < -0.39 is 0 Å². The second kappa shape index (κ2) is 5.45. The van der Waals surface area contributed by atoms with Gasteiger partial charge in [0.25, 0.3) is 0 Å². The van der Waals surface area contributed by atoms with Crippen LogP contribution in [0.1, 0.15) is 37.8 Å². The maximum atomic E-state index is 6.09. The normalized spacial score (nSPS) is 23.1. The summed E-state index contributed by atoms with van der Waals surface area (Å²) in [6, 6.07) is 8.86. The Bertz CT molecular complexity index is 375. The molecule has 1 unspecified atom stereocenters. The van der Waals surface area contributed by atoms with E-state index in [1.54, 1.807) is 0 Å². The first-order valence-electron chi connectivity index (χ1n) is 6.58. The molecule has 0 saturated carbocycles. The highest BCUT2D eigenvalue weighted by Crippen LogP contribution is 2.41. The lowest BCUT2D eigenvalue weighted by Gasteiger charge is -2.29. The standard InChI is InChI=1S/C15H23NS/c1-12(2)17-10-9-15(11-16)8-7-13-5-3-4-6-14(13)15/h3-6,12H,7-11,16H2,1-2H3. The van der Waals surface area contributed by atoms with Gasteiger partial charge in [-0.1, -0.05) is 38.1 Å². The van der Waals surface area contributed by atoms with E-state index >= 15 is 0 Å². The number of nitrogens with two attached hydrogens (primary N) is 1. The third kappa shape index (κ3) is 2.69. The number of thioether (sulfide) groups is 1. The van der Waals surface area contributed by atoms with Crippen molar-refractivity contribution in [3.8, 4) is 0 Å². The van der Waals surface area contributed by atoms with Crippen molar-refractivity contribution < 1.29 is 0 Å². The van der Waals surface area contributed by atoms with Crippen molar-refractivity contribution in [2.75, 3.05) is 12.3 Å². The maximum Gasteiger partial charge on any atom is 0.00892 e.